The third kappa shape index (κ3) is 4.85. The van der Waals surface area contributed by atoms with E-state index in [-0.39, 0.29) is 0 Å². The molecule has 0 saturated carbocycles. The highest BCUT2D eigenvalue weighted by Gasteiger charge is 2.21. The molecular formula is C42H26N4S. The molecule has 3 heterocycles. The van der Waals surface area contributed by atoms with Crippen molar-refractivity contribution < 1.29 is 0 Å². The van der Waals surface area contributed by atoms with Crippen molar-refractivity contribution in [2.24, 2.45) is 0 Å². The average molecular weight is 619 g/mol. The van der Waals surface area contributed by atoms with Gasteiger partial charge in [0.1, 0.15) is 4.83 Å². The van der Waals surface area contributed by atoms with Gasteiger partial charge in [0.2, 0.25) is 0 Å². The smallest absolute Gasteiger partial charge is 0.164 e. The topological polar surface area (TPSA) is 51.6 Å². The fourth-order valence-electron chi connectivity index (χ4n) is 6.37. The fraction of sp³-hybridized carbons (Fsp3) is 0. The molecule has 0 N–H and O–H groups in total. The fourth-order valence-corrected chi connectivity index (χ4v) is 7.46. The highest BCUT2D eigenvalue weighted by Crippen LogP contribution is 2.45. The Labute approximate surface area is 275 Å². The van der Waals surface area contributed by atoms with Crippen molar-refractivity contribution in [1.29, 1.82) is 0 Å². The molecule has 0 unspecified atom stereocenters. The van der Waals surface area contributed by atoms with E-state index in [2.05, 4.69) is 121 Å². The summed E-state index contributed by atoms with van der Waals surface area (Å²) in [6.45, 7) is 0. The summed E-state index contributed by atoms with van der Waals surface area (Å²) >= 11 is 1.73. The quantitative estimate of drug-likeness (QED) is 0.193. The Morgan fingerprint density at radius 1 is 0.383 bits per heavy atom. The van der Waals surface area contributed by atoms with E-state index in [1.165, 1.54) is 10.1 Å². The van der Waals surface area contributed by atoms with Gasteiger partial charge in [-0.25, -0.2) is 19.9 Å². The Hall–Kier alpha value is -6.04. The van der Waals surface area contributed by atoms with Gasteiger partial charge < -0.3 is 0 Å². The summed E-state index contributed by atoms with van der Waals surface area (Å²) in [7, 11) is 0. The van der Waals surface area contributed by atoms with Crippen LogP contribution in [0, 0.1) is 0 Å². The Kier molecular flexibility index (Phi) is 6.61. The number of benzene rings is 6. The van der Waals surface area contributed by atoms with Gasteiger partial charge in [0.05, 0.1) is 5.52 Å². The lowest BCUT2D eigenvalue weighted by Crippen LogP contribution is -2.01. The minimum atomic E-state index is 0.628. The molecule has 47 heavy (non-hydrogen) atoms. The molecule has 0 bridgehead atoms. The number of rotatable bonds is 5. The average Bonchev–Trinajstić information content (AvgIpc) is 3.52. The van der Waals surface area contributed by atoms with Crippen LogP contribution in [0.1, 0.15) is 0 Å². The third-order valence-corrected chi connectivity index (χ3v) is 9.62. The maximum Gasteiger partial charge on any atom is 0.164 e. The van der Waals surface area contributed by atoms with Crippen molar-refractivity contribution in [2.75, 3.05) is 0 Å². The highest BCUT2D eigenvalue weighted by molar-refractivity contribution is 7.25. The van der Waals surface area contributed by atoms with E-state index >= 15 is 0 Å². The summed E-state index contributed by atoms with van der Waals surface area (Å²) in [4.78, 5) is 21.5. The standard InChI is InChI=1S/C42H26N4S/c1-3-14-27(15-4-1)29-18-13-19-30(26-29)40-44-39(28-16-5-2-6-17-28)45-41(46-40)32-21-8-7-20-31(32)37-33-22-9-11-24-35(33)43-42-38(37)34-23-10-12-25-36(34)47-42/h1-26H. The lowest BCUT2D eigenvalue weighted by atomic mass is 9.92. The van der Waals surface area contributed by atoms with Gasteiger partial charge in [-0.05, 0) is 34.9 Å². The SMILES string of the molecule is c1ccc(-c2cccc(-c3nc(-c4ccccc4)nc(-c4ccccc4-c4c5ccccc5nc5sc6ccccc6c45)n3)c2)cc1. The van der Waals surface area contributed by atoms with E-state index in [1.807, 2.05) is 36.4 Å². The van der Waals surface area contributed by atoms with Crippen LogP contribution in [0.5, 0.6) is 0 Å². The number of fused-ring (bicyclic) bond motifs is 4. The number of para-hydroxylation sites is 1. The Bertz CT molecular complexity index is 2580. The van der Waals surface area contributed by atoms with Crippen molar-refractivity contribution in [3.05, 3.63) is 158 Å². The molecular weight excluding hydrogens is 593 g/mol. The Morgan fingerprint density at radius 2 is 0.957 bits per heavy atom. The second-order valence-corrected chi connectivity index (χ2v) is 12.5. The van der Waals surface area contributed by atoms with Crippen LogP contribution in [-0.2, 0) is 0 Å². The van der Waals surface area contributed by atoms with Gasteiger partial charge in [0.25, 0.3) is 0 Å². The first-order valence-corrected chi connectivity index (χ1v) is 16.4. The minimum Gasteiger partial charge on any atom is -0.237 e. The van der Waals surface area contributed by atoms with Crippen molar-refractivity contribution in [3.63, 3.8) is 0 Å². The highest BCUT2D eigenvalue weighted by atomic mass is 32.1. The molecule has 0 radical (unpaired) electrons. The molecule has 4 nitrogen and oxygen atoms in total. The van der Waals surface area contributed by atoms with Gasteiger partial charge >= 0.3 is 0 Å². The van der Waals surface area contributed by atoms with Crippen LogP contribution in [0.3, 0.4) is 0 Å². The molecule has 6 aromatic carbocycles. The predicted molar refractivity (Wildman–Crippen MR) is 195 cm³/mol. The zero-order valence-corrected chi connectivity index (χ0v) is 26.0. The molecule has 0 aliphatic carbocycles. The lowest BCUT2D eigenvalue weighted by molar-refractivity contribution is 1.07. The summed E-state index contributed by atoms with van der Waals surface area (Å²) < 4.78 is 1.22. The van der Waals surface area contributed by atoms with Gasteiger partial charge in [-0.15, -0.1) is 11.3 Å². The van der Waals surface area contributed by atoms with Crippen LogP contribution in [0.25, 0.3) is 87.6 Å². The molecule has 0 atom stereocenters. The largest absolute Gasteiger partial charge is 0.237 e. The van der Waals surface area contributed by atoms with Gasteiger partial charge in [-0.2, -0.15) is 0 Å². The number of aromatic nitrogens is 4. The van der Waals surface area contributed by atoms with Gasteiger partial charge in [-0.1, -0.05) is 140 Å². The Balaban J connectivity index is 1.32. The first-order valence-electron chi connectivity index (χ1n) is 15.6. The van der Waals surface area contributed by atoms with E-state index < -0.39 is 0 Å². The molecule has 3 aromatic heterocycles. The van der Waals surface area contributed by atoms with E-state index in [0.29, 0.717) is 17.5 Å². The summed E-state index contributed by atoms with van der Waals surface area (Å²) in [5.74, 6) is 1.89. The molecule has 5 heteroatoms. The number of pyridine rings is 1. The molecule has 0 spiro atoms. The van der Waals surface area contributed by atoms with E-state index in [0.717, 1.165) is 60.1 Å². The molecule has 0 aliphatic rings. The summed E-state index contributed by atoms with van der Waals surface area (Å²) in [6, 6.07) is 54.4. The van der Waals surface area contributed by atoms with Crippen molar-refractivity contribution in [2.45, 2.75) is 0 Å². The maximum absolute atomic E-state index is 5.20. The zero-order valence-electron chi connectivity index (χ0n) is 25.2. The minimum absolute atomic E-state index is 0.628. The first kappa shape index (κ1) is 27.3. The zero-order chi connectivity index (χ0) is 31.2. The second kappa shape index (κ2) is 11.4. The molecule has 220 valence electrons. The van der Waals surface area contributed by atoms with Gasteiger partial charge in [0, 0.05) is 43.1 Å². The molecule has 0 amide bonds. The molecule has 0 saturated heterocycles. The molecule has 0 fully saturated rings. The van der Waals surface area contributed by atoms with E-state index in [4.69, 9.17) is 19.9 Å². The van der Waals surface area contributed by atoms with Crippen LogP contribution in [0.15, 0.2) is 158 Å². The normalized spacial score (nSPS) is 11.4. The first-order chi connectivity index (χ1) is 23.3. The second-order valence-electron chi connectivity index (χ2n) is 11.4. The van der Waals surface area contributed by atoms with Gasteiger partial charge in [0.15, 0.2) is 17.5 Å². The number of thiophene rings is 1. The van der Waals surface area contributed by atoms with Crippen molar-refractivity contribution in [3.8, 4) is 56.4 Å². The third-order valence-electron chi connectivity index (χ3n) is 8.55. The van der Waals surface area contributed by atoms with E-state index in [9.17, 15) is 0 Å². The van der Waals surface area contributed by atoms with Crippen LogP contribution < -0.4 is 0 Å². The maximum atomic E-state index is 5.20. The monoisotopic (exact) mass is 618 g/mol. The molecule has 9 aromatic rings. The van der Waals surface area contributed by atoms with Crippen molar-refractivity contribution >= 4 is 42.5 Å². The van der Waals surface area contributed by atoms with Crippen LogP contribution >= 0.6 is 11.3 Å². The molecule has 9 rings (SSSR count). The van der Waals surface area contributed by atoms with Crippen LogP contribution in [0.2, 0.25) is 0 Å². The lowest BCUT2D eigenvalue weighted by Gasteiger charge is -2.15. The van der Waals surface area contributed by atoms with Crippen LogP contribution in [-0.4, -0.2) is 19.9 Å². The summed E-state index contributed by atoms with van der Waals surface area (Å²) in [6.07, 6.45) is 0. The number of nitrogens with zero attached hydrogens (tertiary/aromatic N) is 4. The Morgan fingerprint density at radius 3 is 1.77 bits per heavy atom. The predicted octanol–water partition coefficient (Wildman–Crippen LogP) is 11.1. The summed E-state index contributed by atoms with van der Waals surface area (Å²) in [5.41, 5.74) is 8.26. The summed E-state index contributed by atoms with van der Waals surface area (Å²) in [5, 5.41) is 3.46. The number of hydrogen-bond acceptors (Lipinski definition) is 5. The van der Waals surface area contributed by atoms with Gasteiger partial charge in [-0.3, -0.25) is 0 Å². The number of hydrogen-bond donors (Lipinski definition) is 0. The van der Waals surface area contributed by atoms with Crippen LogP contribution in [0.4, 0.5) is 0 Å². The molecule has 0 aliphatic heterocycles. The van der Waals surface area contributed by atoms with E-state index in [1.54, 1.807) is 11.3 Å². The van der Waals surface area contributed by atoms with Crippen molar-refractivity contribution in [1.82, 2.24) is 19.9 Å².